The molecule has 1 saturated carbocycles. The van der Waals surface area contributed by atoms with Crippen molar-refractivity contribution in [1.82, 2.24) is 5.32 Å². The highest BCUT2D eigenvalue weighted by molar-refractivity contribution is 9.10. The fraction of sp³-hybridized carbons (Fsp3) is 0.714. The lowest BCUT2D eigenvalue weighted by molar-refractivity contribution is 0.130. The maximum atomic E-state index is 3.65. The summed E-state index contributed by atoms with van der Waals surface area (Å²) in [7, 11) is 0. The summed E-state index contributed by atoms with van der Waals surface area (Å²) in [5.74, 6) is 0.751. The van der Waals surface area contributed by atoms with Crippen LogP contribution < -0.4 is 5.32 Å². The normalized spacial score (nSPS) is 18.4. The summed E-state index contributed by atoms with van der Waals surface area (Å²) in [6, 6.07) is 2.17. The molecule has 96 valence electrons. The van der Waals surface area contributed by atoms with Gasteiger partial charge in [-0.2, -0.15) is 0 Å². The van der Waals surface area contributed by atoms with E-state index < -0.39 is 0 Å². The van der Waals surface area contributed by atoms with E-state index in [4.69, 9.17) is 0 Å². The third-order valence-electron chi connectivity index (χ3n) is 3.69. The molecule has 0 saturated heterocycles. The molecule has 1 heterocycles. The lowest BCUT2D eigenvalue weighted by Crippen LogP contribution is -2.42. The van der Waals surface area contributed by atoms with Crippen LogP contribution in [-0.4, -0.2) is 13.1 Å². The summed E-state index contributed by atoms with van der Waals surface area (Å²) in [6.07, 6.45) is 5.44. The molecule has 1 N–H and O–H groups in total. The van der Waals surface area contributed by atoms with E-state index in [0.717, 1.165) is 12.5 Å². The van der Waals surface area contributed by atoms with Crippen LogP contribution in [0.25, 0.3) is 0 Å². The molecule has 1 nitrogen and oxygen atoms in total. The van der Waals surface area contributed by atoms with E-state index in [1.54, 1.807) is 0 Å². The van der Waals surface area contributed by atoms with Crippen molar-refractivity contribution in [3.8, 4) is 0 Å². The summed E-state index contributed by atoms with van der Waals surface area (Å²) in [6.45, 7) is 6.88. The Morgan fingerprint density at radius 3 is 2.71 bits per heavy atom. The molecule has 0 amide bonds. The van der Waals surface area contributed by atoms with E-state index in [2.05, 4.69) is 46.5 Å². The van der Waals surface area contributed by atoms with Gasteiger partial charge in [0.1, 0.15) is 0 Å². The first-order chi connectivity index (χ1) is 8.11. The van der Waals surface area contributed by atoms with Gasteiger partial charge in [-0.3, -0.25) is 0 Å². The van der Waals surface area contributed by atoms with Gasteiger partial charge in [0, 0.05) is 15.9 Å². The first-order valence-electron chi connectivity index (χ1n) is 6.54. The van der Waals surface area contributed by atoms with Gasteiger partial charge < -0.3 is 5.32 Å². The van der Waals surface area contributed by atoms with Crippen molar-refractivity contribution in [2.45, 2.75) is 39.5 Å². The summed E-state index contributed by atoms with van der Waals surface area (Å²) in [5.41, 5.74) is 0.544. The molecule has 0 atom stereocenters. The molecule has 0 unspecified atom stereocenters. The van der Waals surface area contributed by atoms with Gasteiger partial charge in [0.15, 0.2) is 0 Å². The SMILES string of the molecule is CC(C)CNCC1(Cc2sccc2Br)CCC1. The van der Waals surface area contributed by atoms with E-state index in [-0.39, 0.29) is 0 Å². The number of hydrogen-bond donors (Lipinski definition) is 1. The number of thiophene rings is 1. The predicted molar refractivity (Wildman–Crippen MR) is 79.7 cm³/mol. The standard InChI is InChI=1S/C14H22BrNS/c1-11(2)9-16-10-14(5-3-6-14)8-13-12(15)4-7-17-13/h4,7,11,16H,3,5-6,8-10H2,1-2H3. The number of hydrogen-bond acceptors (Lipinski definition) is 2. The Balaban J connectivity index is 1.89. The molecule has 0 radical (unpaired) electrons. The molecule has 1 aromatic rings. The highest BCUT2D eigenvalue weighted by Gasteiger charge is 2.37. The average molecular weight is 316 g/mol. The molecule has 1 aliphatic carbocycles. The number of rotatable bonds is 6. The molecule has 0 spiro atoms. The molecule has 1 aromatic heterocycles. The van der Waals surface area contributed by atoms with Crippen LogP contribution >= 0.6 is 27.3 Å². The van der Waals surface area contributed by atoms with Crippen LogP contribution in [0.5, 0.6) is 0 Å². The maximum absolute atomic E-state index is 3.65. The minimum atomic E-state index is 0.544. The van der Waals surface area contributed by atoms with Crippen LogP contribution in [0.1, 0.15) is 38.0 Å². The second-order valence-electron chi connectivity index (χ2n) is 5.75. The number of halogens is 1. The second-order valence-corrected chi connectivity index (χ2v) is 7.60. The van der Waals surface area contributed by atoms with Gasteiger partial charge in [-0.05, 0) is 64.5 Å². The van der Waals surface area contributed by atoms with Crippen molar-refractivity contribution in [3.05, 3.63) is 20.8 Å². The fourth-order valence-corrected chi connectivity index (χ4v) is 4.18. The van der Waals surface area contributed by atoms with E-state index in [1.807, 2.05) is 11.3 Å². The number of nitrogens with one attached hydrogen (secondary N) is 1. The van der Waals surface area contributed by atoms with Crippen molar-refractivity contribution >= 4 is 27.3 Å². The first-order valence-corrected chi connectivity index (χ1v) is 8.21. The highest BCUT2D eigenvalue weighted by atomic mass is 79.9. The topological polar surface area (TPSA) is 12.0 Å². The Bertz CT molecular complexity index is 355. The molecule has 17 heavy (non-hydrogen) atoms. The first kappa shape index (κ1) is 13.6. The molecule has 2 rings (SSSR count). The monoisotopic (exact) mass is 315 g/mol. The zero-order valence-corrected chi connectivity index (χ0v) is 13.2. The molecule has 0 aliphatic heterocycles. The average Bonchev–Trinajstić information content (AvgIpc) is 2.60. The van der Waals surface area contributed by atoms with Crippen LogP contribution in [-0.2, 0) is 6.42 Å². The van der Waals surface area contributed by atoms with E-state index in [9.17, 15) is 0 Å². The Morgan fingerprint density at radius 2 is 2.24 bits per heavy atom. The van der Waals surface area contributed by atoms with Gasteiger partial charge in [0.2, 0.25) is 0 Å². The van der Waals surface area contributed by atoms with E-state index in [0.29, 0.717) is 5.41 Å². The van der Waals surface area contributed by atoms with Crippen LogP contribution in [0.3, 0.4) is 0 Å². The van der Waals surface area contributed by atoms with Crippen LogP contribution in [0.15, 0.2) is 15.9 Å². The molecular weight excluding hydrogens is 294 g/mol. The largest absolute Gasteiger partial charge is 0.316 e. The van der Waals surface area contributed by atoms with Gasteiger partial charge in [-0.15, -0.1) is 11.3 Å². The Morgan fingerprint density at radius 1 is 1.47 bits per heavy atom. The molecule has 1 aliphatic rings. The van der Waals surface area contributed by atoms with Gasteiger partial charge >= 0.3 is 0 Å². The van der Waals surface area contributed by atoms with Crippen LogP contribution in [0.4, 0.5) is 0 Å². The van der Waals surface area contributed by atoms with E-state index in [1.165, 1.54) is 41.6 Å². The Labute approximate surface area is 117 Å². The summed E-state index contributed by atoms with van der Waals surface area (Å²) in [5, 5.41) is 5.84. The molecule has 0 aromatic carbocycles. The quantitative estimate of drug-likeness (QED) is 0.816. The molecular formula is C14H22BrNS. The van der Waals surface area contributed by atoms with Gasteiger partial charge in [-0.25, -0.2) is 0 Å². The van der Waals surface area contributed by atoms with E-state index >= 15 is 0 Å². The minimum absolute atomic E-state index is 0.544. The van der Waals surface area contributed by atoms with Crippen LogP contribution in [0, 0.1) is 11.3 Å². The smallest absolute Gasteiger partial charge is 0.0314 e. The zero-order valence-electron chi connectivity index (χ0n) is 10.8. The fourth-order valence-electron chi connectivity index (χ4n) is 2.51. The van der Waals surface area contributed by atoms with Crippen molar-refractivity contribution in [2.24, 2.45) is 11.3 Å². The van der Waals surface area contributed by atoms with Gasteiger partial charge in [0.05, 0.1) is 0 Å². The predicted octanol–water partition coefficient (Wildman–Crippen LogP) is 4.47. The third-order valence-corrected chi connectivity index (χ3v) is 5.62. The molecule has 3 heteroatoms. The summed E-state index contributed by atoms with van der Waals surface area (Å²) < 4.78 is 1.30. The zero-order chi connectivity index (χ0) is 12.3. The molecule has 0 bridgehead atoms. The summed E-state index contributed by atoms with van der Waals surface area (Å²) in [4.78, 5) is 1.52. The highest BCUT2D eigenvalue weighted by Crippen LogP contribution is 2.45. The summed E-state index contributed by atoms with van der Waals surface area (Å²) >= 11 is 5.54. The molecule has 1 fully saturated rings. The Kier molecular flexibility index (Phi) is 4.67. The van der Waals surface area contributed by atoms with Gasteiger partial charge in [0.25, 0.3) is 0 Å². The van der Waals surface area contributed by atoms with Crippen molar-refractivity contribution in [2.75, 3.05) is 13.1 Å². The second kappa shape index (κ2) is 5.85. The van der Waals surface area contributed by atoms with Crippen molar-refractivity contribution < 1.29 is 0 Å². The minimum Gasteiger partial charge on any atom is -0.316 e. The van der Waals surface area contributed by atoms with Crippen LogP contribution in [0.2, 0.25) is 0 Å². The maximum Gasteiger partial charge on any atom is 0.0314 e. The van der Waals surface area contributed by atoms with Crippen molar-refractivity contribution in [1.29, 1.82) is 0 Å². The Hall–Kier alpha value is 0.140. The van der Waals surface area contributed by atoms with Gasteiger partial charge in [-0.1, -0.05) is 20.3 Å². The third kappa shape index (κ3) is 3.55. The lowest BCUT2D eigenvalue weighted by atomic mass is 9.66. The van der Waals surface area contributed by atoms with Crippen molar-refractivity contribution in [3.63, 3.8) is 0 Å². The lowest BCUT2D eigenvalue weighted by Gasteiger charge is -2.42.